The van der Waals surface area contributed by atoms with Gasteiger partial charge in [0.05, 0.1) is 17.3 Å². The number of carbonyl (C=O) groups excluding carboxylic acids is 1. The van der Waals surface area contributed by atoms with Crippen LogP contribution in [0.4, 0.5) is 5.69 Å². The van der Waals surface area contributed by atoms with Crippen LogP contribution in [0.5, 0.6) is 5.75 Å². The summed E-state index contributed by atoms with van der Waals surface area (Å²) < 4.78 is 6.13. The third kappa shape index (κ3) is 4.72. The number of ketones is 1. The minimum Gasteiger partial charge on any atom is -0.489 e. The molecule has 1 fully saturated rings. The first kappa shape index (κ1) is 19.1. The lowest BCUT2D eigenvalue weighted by atomic mass is 9.96. The van der Waals surface area contributed by atoms with Crippen LogP contribution in [0.15, 0.2) is 42.5 Å². The molecule has 2 aromatic rings. The second kappa shape index (κ2) is 8.32. The van der Waals surface area contributed by atoms with E-state index in [1.807, 2.05) is 36.4 Å². The van der Waals surface area contributed by atoms with Crippen LogP contribution < -0.4 is 9.64 Å². The molecule has 0 aliphatic carbocycles. The Morgan fingerprint density at radius 2 is 1.96 bits per heavy atom. The minimum atomic E-state index is 0.116. The molecule has 2 atom stereocenters. The van der Waals surface area contributed by atoms with Gasteiger partial charge >= 0.3 is 0 Å². The number of ether oxygens (including phenoxy) is 1. The number of hydrogen-bond donors (Lipinski definition) is 0. The molecule has 0 saturated carbocycles. The van der Waals surface area contributed by atoms with Gasteiger partial charge in [0.25, 0.3) is 0 Å². The molecular formula is C21H23Cl2NO2. The monoisotopic (exact) mass is 391 g/mol. The average Bonchev–Trinajstić information content (AvgIpc) is 3.05. The van der Waals surface area contributed by atoms with Crippen molar-refractivity contribution in [2.45, 2.75) is 38.7 Å². The highest BCUT2D eigenvalue weighted by Gasteiger charge is 2.25. The molecule has 3 rings (SSSR count). The first-order chi connectivity index (χ1) is 12.4. The van der Waals surface area contributed by atoms with E-state index in [9.17, 15) is 4.79 Å². The van der Waals surface area contributed by atoms with E-state index in [0.29, 0.717) is 16.5 Å². The lowest BCUT2D eigenvalue weighted by Crippen LogP contribution is -2.24. The molecule has 0 amide bonds. The molecule has 1 saturated heterocycles. The predicted molar refractivity (Wildman–Crippen MR) is 108 cm³/mol. The normalized spacial score (nSPS) is 18.0. The fraction of sp³-hybridized carbons (Fsp3) is 0.381. The number of Topliss-reactive ketones (excluding diaryl/α,β-unsaturated/α-hetero) is 1. The number of rotatable bonds is 6. The van der Waals surface area contributed by atoms with Gasteiger partial charge in [0.15, 0.2) is 0 Å². The van der Waals surface area contributed by atoms with Crippen LogP contribution in [0.2, 0.25) is 10.0 Å². The Hall–Kier alpha value is -1.71. The van der Waals surface area contributed by atoms with E-state index in [2.05, 4.69) is 11.8 Å². The Morgan fingerprint density at radius 1 is 1.23 bits per heavy atom. The topological polar surface area (TPSA) is 29.5 Å². The Morgan fingerprint density at radius 3 is 2.65 bits per heavy atom. The first-order valence-electron chi connectivity index (χ1n) is 8.88. The zero-order valence-corrected chi connectivity index (χ0v) is 16.6. The highest BCUT2D eigenvalue weighted by atomic mass is 35.5. The maximum Gasteiger partial charge on any atom is 0.130 e. The lowest BCUT2D eigenvalue weighted by Gasteiger charge is -2.20. The Bertz CT molecular complexity index is 776. The summed E-state index contributed by atoms with van der Waals surface area (Å²) in [6.07, 6.45) is 1.62. The van der Waals surface area contributed by atoms with Crippen molar-refractivity contribution in [1.82, 2.24) is 0 Å². The fourth-order valence-electron chi connectivity index (χ4n) is 3.39. The van der Waals surface area contributed by atoms with Crippen LogP contribution in [0.1, 0.15) is 38.2 Å². The average molecular weight is 392 g/mol. The van der Waals surface area contributed by atoms with Crippen LogP contribution in [0.25, 0.3) is 0 Å². The van der Waals surface area contributed by atoms with Crippen molar-refractivity contribution in [3.63, 3.8) is 0 Å². The molecule has 0 radical (unpaired) electrons. The van der Waals surface area contributed by atoms with E-state index < -0.39 is 0 Å². The highest BCUT2D eigenvalue weighted by molar-refractivity contribution is 6.35. The van der Waals surface area contributed by atoms with E-state index in [4.69, 9.17) is 27.9 Å². The molecule has 0 spiro atoms. The fourth-order valence-corrected chi connectivity index (χ4v) is 3.79. The SMILES string of the molecule is CC(=O)C[C@@H](C)c1ccc(OC2CCN(c3cc(Cl)ccc3Cl)C2)cc1. The second-order valence-corrected chi connectivity index (χ2v) is 7.79. The Labute approximate surface area is 164 Å². The summed E-state index contributed by atoms with van der Waals surface area (Å²) in [5.74, 6) is 1.30. The molecule has 1 heterocycles. The van der Waals surface area contributed by atoms with E-state index in [0.717, 1.165) is 36.5 Å². The van der Waals surface area contributed by atoms with Crippen LogP contribution >= 0.6 is 23.2 Å². The van der Waals surface area contributed by atoms with Gasteiger partial charge in [0.2, 0.25) is 0 Å². The van der Waals surface area contributed by atoms with Crippen LogP contribution in [-0.4, -0.2) is 25.0 Å². The van der Waals surface area contributed by atoms with Crippen molar-refractivity contribution in [1.29, 1.82) is 0 Å². The summed E-state index contributed by atoms with van der Waals surface area (Å²) >= 11 is 12.4. The van der Waals surface area contributed by atoms with Gasteiger partial charge in [-0.2, -0.15) is 0 Å². The Kier molecular flexibility index (Phi) is 6.10. The zero-order chi connectivity index (χ0) is 18.7. The summed E-state index contributed by atoms with van der Waals surface area (Å²) in [7, 11) is 0. The van der Waals surface area contributed by atoms with Crippen molar-refractivity contribution < 1.29 is 9.53 Å². The molecule has 138 valence electrons. The number of anilines is 1. The second-order valence-electron chi connectivity index (χ2n) is 6.95. The number of nitrogens with zero attached hydrogens (tertiary/aromatic N) is 1. The molecule has 5 heteroatoms. The third-order valence-corrected chi connectivity index (χ3v) is 5.29. The van der Waals surface area contributed by atoms with Crippen LogP contribution in [0, 0.1) is 0 Å². The van der Waals surface area contributed by atoms with Crippen LogP contribution in [0.3, 0.4) is 0 Å². The third-order valence-electron chi connectivity index (χ3n) is 4.74. The molecule has 0 N–H and O–H groups in total. The van der Waals surface area contributed by atoms with Crippen molar-refractivity contribution in [3.05, 3.63) is 58.1 Å². The lowest BCUT2D eigenvalue weighted by molar-refractivity contribution is -0.117. The van der Waals surface area contributed by atoms with E-state index in [-0.39, 0.29) is 17.8 Å². The van der Waals surface area contributed by atoms with Crippen LogP contribution in [-0.2, 0) is 4.79 Å². The largest absolute Gasteiger partial charge is 0.489 e. The number of carbonyl (C=O) groups is 1. The molecular weight excluding hydrogens is 369 g/mol. The number of halogens is 2. The van der Waals surface area contributed by atoms with Gasteiger partial charge in [-0.1, -0.05) is 42.3 Å². The van der Waals surface area contributed by atoms with Crippen molar-refractivity contribution in [2.75, 3.05) is 18.0 Å². The Balaban J connectivity index is 1.60. The number of benzene rings is 2. The summed E-state index contributed by atoms with van der Waals surface area (Å²) in [6, 6.07) is 13.6. The molecule has 2 aromatic carbocycles. The van der Waals surface area contributed by atoms with E-state index in [1.165, 1.54) is 0 Å². The molecule has 26 heavy (non-hydrogen) atoms. The van der Waals surface area contributed by atoms with E-state index >= 15 is 0 Å². The van der Waals surface area contributed by atoms with Crippen molar-refractivity contribution in [2.24, 2.45) is 0 Å². The molecule has 3 nitrogen and oxygen atoms in total. The summed E-state index contributed by atoms with van der Waals surface area (Å²) in [6.45, 7) is 5.37. The highest BCUT2D eigenvalue weighted by Crippen LogP contribution is 2.32. The van der Waals surface area contributed by atoms with Gasteiger partial charge < -0.3 is 14.4 Å². The van der Waals surface area contributed by atoms with Gasteiger partial charge in [0, 0.05) is 24.4 Å². The first-order valence-corrected chi connectivity index (χ1v) is 9.64. The maximum absolute atomic E-state index is 11.3. The molecule has 0 bridgehead atoms. The molecule has 1 aliphatic rings. The van der Waals surface area contributed by atoms with Gasteiger partial charge in [-0.3, -0.25) is 0 Å². The predicted octanol–water partition coefficient (Wildman–Crippen LogP) is 5.73. The number of hydrogen-bond acceptors (Lipinski definition) is 3. The summed E-state index contributed by atoms with van der Waals surface area (Å²) in [5.41, 5.74) is 2.12. The summed E-state index contributed by atoms with van der Waals surface area (Å²) in [4.78, 5) is 13.5. The smallest absolute Gasteiger partial charge is 0.130 e. The quantitative estimate of drug-likeness (QED) is 0.629. The van der Waals surface area contributed by atoms with E-state index in [1.54, 1.807) is 13.0 Å². The minimum absolute atomic E-state index is 0.116. The van der Waals surface area contributed by atoms with Gasteiger partial charge in [-0.15, -0.1) is 0 Å². The van der Waals surface area contributed by atoms with Gasteiger partial charge in [-0.25, -0.2) is 0 Å². The van der Waals surface area contributed by atoms with Crippen molar-refractivity contribution in [3.8, 4) is 5.75 Å². The molecule has 0 aromatic heterocycles. The summed E-state index contributed by atoms with van der Waals surface area (Å²) in [5, 5.41) is 1.39. The maximum atomic E-state index is 11.3. The standard InChI is InChI=1S/C21H23Cl2NO2/c1-14(11-15(2)25)16-3-6-18(7-4-16)26-19-9-10-24(13-19)21-12-17(22)5-8-20(21)23/h3-8,12,14,19H,9-11,13H2,1-2H3/t14-,19?/m1/s1. The van der Waals surface area contributed by atoms with Crippen molar-refractivity contribution >= 4 is 34.7 Å². The molecule has 1 unspecified atom stereocenters. The molecule has 1 aliphatic heterocycles. The van der Waals surface area contributed by atoms with Gasteiger partial charge in [-0.05, 0) is 48.7 Å². The zero-order valence-electron chi connectivity index (χ0n) is 15.0. The van der Waals surface area contributed by atoms with Gasteiger partial charge in [0.1, 0.15) is 17.6 Å².